The number of carbonyl (C=O) groups is 1. The summed E-state index contributed by atoms with van der Waals surface area (Å²) in [6.45, 7) is 0. The summed E-state index contributed by atoms with van der Waals surface area (Å²) in [6, 6.07) is 6.56. The van der Waals surface area contributed by atoms with Crippen LogP contribution in [0.5, 0.6) is 5.75 Å². The van der Waals surface area contributed by atoms with Crippen LogP contribution in [-0.4, -0.2) is 15.9 Å². The fourth-order valence-corrected chi connectivity index (χ4v) is 1.80. The number of anilines is 1. The minimum atomic E-state index is -0.950. The second-order valence-electron chi connectivity index (χ2n) is 4.04. The molecule has 0 aliphatic rings. The van der Waals surface area contributed by atoms with Gasteiger partial charge in [0.25, 0.3) is 11.6 Å². The maximum Gasteiger partial charge on any atom is 0.272 e. The van der Waals surface area contributed by atoms with E-state index in [4.69, 9.17) is 11.6 Å². The minimum Gasteiger partial charge on any atom is -0.508 e. The zero-order chi connectivity index (χ0) is 15.6. The number of halogens is 2. The van der Waals surface area contributed by atoms with Gasteiger partial charge in [0.05, 0.1) is 27.3 Å². The molecule has 0 bridgehead atoms. The number of non-ortho nitro benzene ring substituents is 1. The van der Waals surface area contributed by atoms with Crippen LogP contribution in [0.15, 0.2) is 36.4 Å². The van der Waals surface area contributed by atoms with E-state index >= 15 is 0 Å². The van der Waals surface area contributed by atoms with Gasteiger partial charge in [0.1, 0.15) is 5.75 Å². The van der Waals surface area contributed by atoms with Gasteiger partial charge in [-0.3, -0.25) is 14.9 Å². The molecule has 2 rings (SSSR count). The zero-order valence-electron chi connectivity index (χ0n) is 10.3. The van der Waals surface area contributed by atoms with Gasteiger partial charge in [-0.15, -0.1) is 0 Å². The van der Waals surface area contributed by atoms with Crippen molar-refractivity contribution in [2.24, 2.45) is 0 Å². The summed E-state index contributed by atoms with van der Waals surface area (Å²) in [5, 5.41) is 22.1. The largest absolute Gasteiger partial charge is 0.508 e. The Balaban J connectivity index is 2.27. The van der Waals surface area contributed by atoms with Crippen LogP contribution >= 0.6 is 11.6 Å². The molecule has 6 nitrogen and oxygen atoms in total. The molecule has 0 saturated carbocycles. The smallest absolute Gasteiger partial charge is 0.272 e. The van der Waals surface area contributed by atoms with Gasteiger partial charge in [0.2, 0.25) is 0 Å². The summed E-state index contributed by atoms with van der Waals surface area (Å²) in [6.07, 6.45) is 0. The van der Waals surface area contributed by atoms with E-state index in [1.807, 2.05) is 0 Å². The molecule has 0 unspecified atom stereocenters. The molecule has 0 aromatic heterocycles. The molecular formula is C13H8ClFN2O4. The number of phenols is 1. The number of nitrogens with one attached hydrogen (secondary N) is 1. The third-order valence-electron chi connectivity index (χ3n) is 2.61. The molecule has 2 N–H and O–H groups in total. The summed E-state index contributed by atoms with van der Waals surface area (Å²) in [5.74, 6) is -1.87. The Morgan fingerprint density at radius 3 is 2.62 bits per heavy atom. The van der Waals surface area contributed by atoms with E-state index in [1.54, 1.807) is 0 Å². The molecule has 0 aliphatic heterocycles. The monoisotopic (exact) mass is 310 g/mol. The van der Waals surface area contributed by atoms with E-state index < -0.39 is 22.3 Å². The molecule has 8 heteroatoms. The molecule has 2 aromatic rings. The quantitative estimate of drug-likeness (QED) is 0.671. The number of hydrogen-bond donors (Lipinski definition) is 2. The van der Waals surface area contributed by atoms with Gasteiger partial charge >= 0.3 is 0 Å². The van der Waals surface area contributed by atoms with Crippen molar-refractivity contribution in [1.29, 1.82) is 0 Å². The Morgan fingerprint density at radius 1 is 1.29 bits per heavy atom. The number of hydrogen-bond acceptors (Lipinski definition) is 4. The van der Waals surface area contributed by atoms with Crippen molar-refractivity contribution in [3.05, 3.63) is 62.9 Å². The van der Waals surface area contributed by atoms with Gasteiger partial charge in [0, 0.05) is 6.07 Å². The zero-order valence-corrected chi connectivity index (χ0v) is 11.1. The highest BCUT2D eigenvalue weighted by molar-refractivity contribution is 6.34. The SMILES string of the molecule is O=C(Nc1ccc([N+](=O)[O-])cc1F)c1cc(O)ccc1Cl. The average Bonchev–Trinajstić information content (AvgIpc) is 2.43. The molecule has 2 aromatic carbocycles. The predicted octanol–water partition coefficient (Wildman–Crippen LogP) is 3.35. The third kappa shape index (κ3) is 3.26. The highest BCUT2D eigenvalue weighted by Crippen LogP contribution is 2.24. The van der Waals surface area contributed by atoms with Crippen molar-refractivity contribution < 1.29 is 19.2 Å². The second kappa shape index (κ2) is 5.76. The average molecular weight is 311 g/mol. The van der Waals surface area contributed by atoms with Crippen molar-refractivity contribution in [2.75, 3.05) is 5.32 Å². The first-order valence-electron chi connectivity index (χ1n) is 5.62. The molecule has 0 fully saturated rings. The van der Waals surface area contributed by atoms with Crippen LogP contribution in [0, 0.1) is 15.9 Å². The van der Waals surface area contributed by atoms with E-state index in [0.29, 0.717) is 6.07 Å². The lowest BCUT2D eigenvalue weighted by atomic mass is 10.2. The van der Waals surface area contributed by atoms with Gasteiger partial charge in [-0.25, -0.2) is 4.39 Å². The highest BCUT2D eigenvalue weighted by atomic mass is 35.5. The van der Waals surface area contributed by atoms with Crippen LogP contribution in [0.3, 0.4) is 0 Å². The normalized spacial score (nSPS) is 10.2. The van der Waals surface area contributed by atoms with Crippen LogP contribution in [0.2, 0.25) is 5.02 Å². The third-order valence-corrected chi connectivity index (χ3v) is 2.94. The lowest BCUT2D eigenvalue weighted by Gasteiger charge is -2.08. The second-order valence-corrected chi connectivity index (χ2v) is 4.45. The molecule has 1 amide bonds. The summed E-state index contributed by atoms with van der Waals surface area (Å²) in [7, 11) is 0. The molecule has 0 heterocycles. The Bertz CT molecular complexity index is 736. The minimum absolute atomic E-state index is 0.0468. The number of nitro benzene ring substituents is 1. The van der Waals surface area contributed by atoms with Crippen LogP contribution < -0.4 is 5.32 Å². The van der Waals surface area contributed by atoms with Gasteiger partial charge < -0.3 is 10.4 Å². The maximum absolute atomic E-state index is 13.7. The first-order chi connectivity index (χ1) is 9.88. The van der Waals surface area contributed by atoms with Crippen LogP contribution in [0.1, 0.15) is 10.4 Å². The summed E-state index contributed by atoms with van der Waals surface area (Å²) < 4.78 is 13.7. The van der Waals surface area contributed by atoms with Crippen molar-refractivity contribution in [3.63, 3.8) is 0 Å². The van der Waals surface area contributed by atoms with Crippen LogP contribution in [0.4, 0.5) is 15.8 Å². The molecular weight excluding hydrogens is 303 g/mol. The fraction of sp³-hybridized carbons (Fsp3) is 0. The molecule has 108 valence electrons. The molecule has 0 spiro atoms. The van der Waals surface area contributed by atoms with Gasteiger partial charge in [0.15, 0.2) is 5.82 Å². The lowest BCUT2D eigenvalue weighted by Crippen LogP contribution is -2.13. The van der Waals surface area contributed by atoms with Crippen molar-refractivity contribution in [3.8, 4) is 5.75 Å². The van der Waals surface area contributed by atoms with E-state index in [9.17, 15) is 24.4 Å². The number of phenolic OH excluding ortho intramolecular Hbond substituents is 1. The maximum atomic E-state index is 13.7. The number of rotatable bonds is 3. The van der Waals surface area contributed by atoms with E-state index in [-0.39, 0.29) is 22.0 Å². The standard InChI is InChI=1S/C13H8ClFN2O4/c14-10-3-2-8(18)6-9(10)13(19)16-12-4-1-7(17(20)21)5-11(12)15/h1-6,18H,(H,16,19). The van der Waals surface area contributed by atoms with Crippen molar-refractivity contribution in [1.82, 2.24) is 0 Å². The number of nitrogens with zero attached hydrogens (tertiary/aromatic N) is 1. The molecule has 0 saturated heterocycles. The number of amides is 1. The topological polar surface area (TPSA) is 92.5 Å². The number of nitro groups is 1. The first kappa shape index (κ1) is 14.7. The van der Waals surface area contributed by atoms with Gasteiger partial charge in [-0.2, -0.15) is 0 Å². The Labute approximate surface area is 122 Å². The van der Waals surface area contributed by atoms with E-state index in [1.165, 1.54) is 12.1 Å². The van der Waals surface area contributed by atoms with Crippen LogP contribution in [-0.2, 0) is 0 Å². The fourth-order valence-electron chi connectivity index (χ4n) is 1.60. The van der Waals surface area contributed by atoms with Crippen LogP contribution in [0.25, 0.3) is 0 Å². The number of aromatic hydroxyl groups is 1. The van der Waals surface area contributed by atoms with Gasteiger partial charge in [-0.1, -0.05) is 11.6 Å². The Morgan fingerprint density at radius 2 is 2.00 bits per heavy atom. The van der Waals surface area contributed by atoms with Crippen molar-refractivity contribution >= 4 is 28.9 Å². The summed E-state index contributed by atoms with van der Waals surface area (Å²) in [4.78, 5) is 21.7. The van der Waals surface area contributed by atoms with E-state index in [0.717, 1.165) is 18.2 Å². The Hall–Kier alpha value is -2.67. The predicted molar refractivity (Wildman–Crippen MR) is 74.1 cm³/mol. The van der Waals surface area contributed by atoms with Gasteiger partial charge in [-0.05, 0) is 24.3 Å². The molecule has 0 radical (unpaired) electrons. The molecule has 0 aliphatic carbocycles. The Kier molecular flexibility index (Phi) is 4.04. The molecule has 21 heavy (non-hydrogen) atoms. The summed E-state index contributed by atoms with van der Waals surface area (Å²) >= 11 is 5.81. The lowest BCUT2D eigenvalue weighted by molar-refractivity contribution is -0.385. The summed E-state index contributed by atoms with van der Waals surface area (Å²) in [5.41, 5.74) is -0.708. The molecule has 0 atom stereocenters. The highest BCUT2D eigenvalue weighted by Gasteiger charge is 2.16. The number of benzene rings is 2. The first-order valence-corrected chi connectivity index (χ1v) is 6.00. The van der Waals surface area contributed by atoms with Crippen molar-refractivity contribution in [2.45, 2.75) is 0 Å². The van der Waals surface area contributed by atoms with E-state index in [2.05, 4.69) is 5.32 Å². The number of carbonyl (C=O) groups excluding carboxylic acids is 1.